The van der Waals surface area contributed by atoms with Crippen molar-refractivity contribution in [1.82, 2.24) is 10.6 Å². The van der Waals surface area contributed by atoms with E-state index in [9.17, 15) is 9.59 Å². The number of hydrogen-bond donors (Lipinski definition) is 2. The van der Waals surface area contributed by atoms with Gasteiger partial charge in [-0.15, -0.1) is 0 Å². The van der Waals surface area contributed by atoms with Gasteiger partial charge in [-0.05, 0) is 36.6 Å². The number of amides is 2. The highest BCUT2D eigenvalue weighted by Crippen LogP contribution is 2.30. The van der Waals surface area contributed by atoms with Crippen molar-refractivity contribution >= 4 is 11.8 Å². The predicted molar refractivity (Wildman–Crippen MR) is 98.7 cm³/mol. The van der Waals surface area contributed by atoms with Gasteiger partial charge in [-0.25, -0.2) is 0 Å². The molecule has 2 aromatic rings. The van der Waals surface area contributed by atoms with Crippen molar-refractivity contribution in [3.05, 3.63) is 54.1 Å². The summed E-state index contributed by atoms with van der Waals surface area (Å²) < 4.78 is 5.41. The van der Waals surface area contributed by atoms with E-state index in [1.165, 1.54) is 6.92 Å². The van der Waals surface area contributed by atoms with Gasteiger partial charge in [0.25, 0.3) is 5.91 Å². The largest absolute Gasteiger partial charge is 0.496 e. The highest BCUT2D eigenvalue weighted by Gasteiger charge is 2.11. The van der Waals surface area contributed by atoms with Crippen molar-refractivity contribution in [3.8, 4) is 16.9 Å². The van der Waals surface area contributed by atoms with E-state index in [0.29, 0.717) is 18.7 Å². The predicted octanol–water partition coefficient (Wildman–Crippen LogP) is 3.01. The van der Waals surface area contributed by atoms with Crippen LogP contribution in [0.1, 0.15) is 30.1 Å². The summed E-state index contributed by atoms with van der Waals surface area (Å²) in [4.78, 5) is 23.1. The molecule has 0 saturated carbocycles. The number of ether oxygens (including phenoxy) is 1. The van der Waals surface area contributed by atoms with E-state index < -0.39 is 0 Å². The first-order chi connectivity index (χ1) is 12.1. The minimum absolute atomic E-state index is 0.0318. The SMILES string of the molecule is COc1ccc(C(=O)NCCCCNC(C)=O)cc1-c1ccccc1. The molecule has 0 spiro atoms. The van der Waals surface area contributed by atoms with Crippen LogP contribution >= 0.6 is 0 Å². The Morgan fingerprint density at radius 2 is 1.64 bits per heavy atom. The molecule has 0 saturated heterocycles. The first kappa shape index (κ1) is 18.5. The fraction of sp³-hybridized carbons (Fsp3) is 0.300. The zero-order valence-corrected chi connectivity index (χ0v) is 14.7. The fourth-order valence-electron chi connectivity index (χ4n) is 2.51. The molecule has 0 radical (unpaired) electrons. The molecule has 132 valence electrons. The van der Waals surface area contributed by atoms with Crippen molar-refractivity contribution in [3.63, 3.8) is 0 Å². The summed E-state index contributed by atoms with van der Waals surface area (Å²) >= 11 is 0. The minimum atomic E-state index is -0.112. The zero-order chi connectivity index (χ0) is 18.1. The van der Waals surface area contributed by atoms with Crippen molar-refractivity contribution < 1.29 is 14.3 Å². The number of methoxy groups -OCH3 is 1. The Morgan fingerprint density at radius 1 is 0.960 bits per heavy atom. The van der Waals surface area contributed by atoms with Crippen LogP contribution in [0.25, 0.3) is 11.1 Å². The Hall–Kier alpha value is -2.82. The average molecular weight is 340 g/mol. The smallest absolute Gasteiger partial charge is 0.251 e. The highest BCUT2D eigenvalue weighted by atomic mass is 16.5. The van der Waals surface area contributed by atoms with Gasteiger partial charge in [0.15, 0.2) is 0 Å². The van der Waals surface area contributed by atoms with Gasteiger partial charge in [0.05, 0.1) is 7.11 Å². The number of unbranched alkanes of at least 4 members (excludes halogenated alkanes) is 1. The van der Waals surface area contributed by atoms with Crippen molar-refractivity contribution in [1.29, 1.82) is 0 Å². The number of carbonyl (C=O) groups is 2. The van der Waals surface area contributed by atoms with Crippen LogP contribution in [0.5, 0.6) is 5.75 Å². The van der Waals surface area contributed by atoms with Gasteiger partial charge in [0.1, 0.15) is 5.75 Å². The Balaban J connectivity index is 1.97. The molecule has 0 bridgehead atoms. The second-order valence-corrected chi connectivity index (χ2v) is 5.73. The van der Waals surface area contributed by atoms with E-state index in [1.807, 2.05) is 42.5 Å². The second-order valence-electron chi connectivity index (χ2n) is 5.73. The van der Waals surface area contributed by atoms with Crippen molar-refractivity contribution in [2.24, 2.45) is 0 Å². The summed E-state index contributed by atoms with van der Waals surface area (Å²) in [5.74, 6) is 0.591. The number of nitrogens with one attached hydrogen (secondary N) is 2. The van der Waals surface area contributed by atoms with E-state index in [1.54, 1.807) is 13.2 Å². The maximum Gasteiger partial charge on any atom is 0.251 e. The third kappa shape index (κ3) is 5.64. The molecule has 0 atom stereocenters. The molecular weight excluding hydrogens is 316 g/mol. The Kier molecular flexibility index (Phi) is 7.01. The van der Waals surface area contributed by atoms with Crippen LogP contribution in [0.4, 0.5) is 0 Å². The molecule has 2 aromatic carbocycles. The fourth-order valence-corrected chi connectivity index (χ4v) is 2.51. The number of rotatable bonds is 8. The molecule has 0 heterocycles. The van der Waals surface area contributed by atoms with Gasteiger partial charge >= 0.3 is 0 Å². The van der Waals surface area contributed by atoms with Crippen LogP contribution in [-0.2, 0) is 4.79 Å². The molecule has 2 rings (SSSR count). The topological polar surface area (TPSA) is 67.4 Å². The van der Waals surface area contributed by atoms with E-state index in [-0.39, 0.29) is 11.8 Å². The molecule has 0 aliphatic heterocycles. The number of carbonyl (C=O) groups excluding carboxylic acids is 2. The quantitative estimate of drug-likeness (QED) is 0.726. The lowest BCUT2D eigenvalue weighted by Gasteiger charge is -2.11. The Labute approximate surface area is 148 Å². The lowest BCUT2D eigenvalue weighted by molar-refractivity contribution is -0.118. The van der Waals surface area contributed by atoms with Crippen molar-refractivity contribution in [2.75, 3.05) is 20.2 Å². The molecule has 0 fully saturated rings. The molecule has 25 heavy (non-hydrogen) atoms. The van der Waals surface area contributed by atoms with Crippen LogP contribution in [0.3, 0.4) is 0 Å². The summed E-state index contributed by atoms with van der Waals surface area (Å²) in [5, 5.41) is 5.65. The molecule has 0 aromatic heterocycles. The minimum Gasteiger partial charge on any atom is -0.496 e. The monoisotopic (exact) mass is 340 g/mol. The Morgan fingerprint density at radius 3 is 2.28 bits per heavy atom. The normalized spacial score (nSPS) is 10.2. The van der Waals surface area contributed by atoms with Gasteiger partial charge in [-0.2, -0.15) is 0 Å². The molecule has 0 unspecified atom stereocenters. The third-order valence-electron chi connectivity index (χ3n) is 3.81. The third-order valence-corrected chi connectivity index (χ3v) is 3.81. The van der Waals surface area contributed by atoms with Crippen LogP contribution in [0.2, 0.25) is 0 Å². The van der Waals surface area contributed by atoms with Gasteiger partial charge < -0.3 is 15.4 Å². The lowest BCUT2D eigenvalue weighted by atomic mass is 10.0. The maximum atomic E-state index is 12.3. The van der Waals surface area contributed by atoms with Crippen LogP contribution in [-0.4, -0.2) is 32.0 Å². The average Bonchev–Trinajstić information content (AvgIpc) is 2.64. The van der Waals surface area contributed by atoms with Gasteiger partial charge in [0, 0.05) is 31.1 Å². The van der Waals surface area contributed by atoms with Crippen LogP contribution in [0.15, 0.2) is 48.5 Å². The summed E-state index contributed by atoms with van der Waals surface area (Å²) in [5.41, 5.74) is 2.49. The van der Waals surface area contributed by atoms with Crippen LogP contribution in [0, 0.1) is 0 Å². The zero-order valence-electron chi connectivity index (χ0n) is 14.7. The van der Waals surface area contributed by atoms with Crippen LogP contribution < -0.4 is 15.4 Å². The van der Waals surface area contributed by atoms with Gasteiger partial charge in [-0.1, -0.05) is 30.3 Å². The number of benzene rings is 2. The summed E-state index contributed by atoms with van der Waals surface area (Å²) in [6.45, 7) is 2.70. The van der Waals surface area contributed by atoms with E-state index in [2.05, 4.69) is 10.6 Å². The molecule has 5 heteroatoms. The number of hydrogen-bond acceptors (Lipinski definition) is 3. The molecule has 5 nitrogen and oxygen atoms in total. The van der Waals surface area contributed by atoms with E-state index in [0.717, 1.165) is 29.7 Å². The standard InChI is InChI=1S/C20H24N2O3/c1-15(23)21-12-6-7-13-22-20(24)17-10-11-19(25-2)18(14-17)16-8-4-3-5-9-16/h3-5,8-11,14H,6-7,12-13H2,1-2H3,(H,21,23)(H,22,24). The van der Waals surface area contributed by atoms with E-state index in [4.69, 9.17) is 4.74 Å². The molecule has 2 amide bonds. The Bertz CT molecular complexity index is 714. The second kappa shape index (κ2) is 9.47. The maximum absolute atomic E-state index is 12.3. The van der Waals surface area contributed by atoms with Gasteiger partial charge in [-0.3, -0.25) is 9.59 Å². The van der Waals surface area contributed by atoms with Gasteiger partial charge in [0.2, 0.25) is 5.91 Å². The summed E-state index contributed by atoms with van der Waals surface area (Å²) in [6.07, 6.45) is 1.64. The first-order valence-electron chi connectivity index (χ1n) is 8.38. The summed E-state index contributed by atoms with van der Waals surface area (Å²) in [6, 6.07) is 15.3. The molecular formula is C20H24N2O3. The summed E-state index contributed by atoms with van der Waals surface area (Å²) in [7, 11) is 1.62. The highest BCUT2D eigenvalue weighted by molar-refractivity contribution is 5.96. The molecule has 0 aliphatic carbocycles. The molecule has 0 aliphatic rings. The lowest BCUT2D eigenvalue weighted by Crippen LogP contribution is -2.26. The molecule has 2 N–H and O–H groups in total. The van der Waals surface area contributed by atoms with Crippen molar-refractivity contribution in [2.45, 2.75) is 19.8 Å². The first-order valence-corrected chi connectivity index (χ1v) is 8.38. The van der Waals surface area contributed by atoms with E-state index >= 15 is 0 Å².